The fourth-order valence-corrected chi connectivity index (χ4v) is 3.09. The van der Waals surface area contributed by atoms with E-state index in [2.05, 4.69) is 46.5 Å². The molecule has 0 aliphatic rings. The van der Waals surface area contributed by atoms with Crippen molar-refractivity contribution < 1.29 is 4.79 Å². The zero-order valence-electron chi connectivity index (χ0n) is 13.7. The maximum atomic E-state index is 11.4. The Morgan fingerprint density at radius 1 is 1.10 bits per heavy atom. The molecule has 0 N–H and O–H groups in total. The predicted octanol–water partition coefficient (Wildman–Crippen LogP) is 4.21. The van der Waals surface area contributed by atoms with Crippen LogP contribution in [0.3, 0.4) is 0 Å². The summed E-state index contributed by atoms with van der Waals surface area (Å²) in [4.78, 5) is 16.2. The van der Waals surface area contributed by atoms with Gasteiger partial charge < -0.3 is 9.80 Å². The summed E-state index contributed by atoms with van der Waals surface area (Å²) in [6.07, 6.45) is 1.15. The molecule has 0 radical (unpaired) electrons. The van der Waals surface area contributed by atoms with Crippen molar-refractivity contribution in [3.05, 3.63) is 28.2 Å². The average molecular weight is 355 g/mol. The molecule has 0 spiro atoms. The molecule has 3 nitrogen and oxygen atoms in total. The lowest BCUT2D eigenvalue weighted by Crippen LogP contribution is -2.30. The van der Waals surface area contributed by atoms with Crippen LogP contribution in [-0.2, 0) is 0 Å². The molecule has 0 fully saturated rings. The highest BCUT2D eigenvalue weighted by molar-refractivity contribution is 9.10. The lowest BCUT2D eigenvalue weighted by atomic mass is 10.1. The van der Waals surface area contributed by atoms with E-state index in [-0.39, 0.29) is 5.78 Å². The summed E-state index contributed by atoms with van der Waals surface area (Å²) in [5.74, 6) is 0.104. The number of hydrogen-bond donors (Lipinski definition) is 0. The van der Waals surface area contributed by atoms with Gasteiger partial charge >= 0.3 is 0 Å². The van der Waals surface area contributed by atoms with Crippen LogP contribution in [-0.4, -0.2) is 43.4 Å². The summed E-state index contributed by atoms with van der Waals surface area (Å²) in [6.45, 7) is 13.5. The molecule has 21 heavy (non-hydrogen) atoms. The van der Waals surface area contributed by atoms with Crippen LogP contribution < -0.4 is 4.90 Å². The van der Waals surface area contributed by atoms with Crippen molar-refractivity contribution in [2.45, 2.75) is 34.1 Å². The van der Waals surface area contributed by atoms with Gasteiger partial charge in [0, 0.05) is 23.1 Å². The van der Waals surface area contributed by atoms with Gasteiger partial charge in [-0.2, -0.15) is 0 Å². The number of carbonyl (C=O) groups excluding carboxylic acids is 1. The molecule has 0 saturated carbocycles. The lowest BCUT2D eigenvalue weighted by molar-refractivity contribution is 0.101. The number of hydrogen-bond acceptors (Lipinski definition) is 3. The Hall–Kier alpha value is -0.870. The second-order valence-electron chi connectivity index (χ2n) is 5.18. The highest BCUT2D eigenvalue weighted by Gasteiger charge is 2.11. The van der Waals surface area contributed by atoms with Gasteiger partial charge in [0.15, 0.2) is 5.78 Å². The summed E-state index contributed by atoms with van der Waals surface area (Å²) < 4.78 is 1.000. The Morgan fingerprint density at radius 3 is 2.24 bits per heavy atom. The number of halogens is 1. The van der Waals surface area contributed by atoms with Gasteiger partial charge in [-0.1, -0.05) is 13.8 Å². The van der Waals surface area contributed by atoms with Gasteiger partial charge in [0.05, 0.1) is 5.69 Å². The minimum Gasteiger partial charge on any atom is -0.371 e. The molecule has 118 valence electrons. The van der Waals surface area contributed by atoms with Gasteiger partial charge in [-0.15, -0.1) is 0 Å². The average Bonchev–Trinajstić information content (AvgIpc) is 2.48. The first-order valence-electron chi connectivity index (χ1n) is 7.81. The molecular formula is C17H27BrN2O. The molecule has 0 unspecified atom stereocenters. The third kappa shape index (κ3) is 5.44. The van der Waals surface area contributed by atoms with Gasteiger partial charge in [0.25, 0.3) is 0 Å². The molecule has 4 heteroatoms. The third-order valence-electron chi connectivity index (χ3n) is 3.87. The van der Waals surface area contributed by atoms with E-state index in [1.165, 1.54) is 5.69 Å². The second-order valence-corrected chi connectivity index (χ2v) is 6.04. The molecule has 0 aliphatic heterocycles. The van der Waals surface area contributed by atoms with Crippen LogP contribution >= 0.6 is 15.9 Å². The van der Waals surface area contributed by atoms with Gasteiger partial charge in [0.2, 0.25) is 0 Å². The Labute approximate surface area is 137 Å². The normalized spacial score (nSPS) is 11.0. The van der Waals surface area contributed by atoms with Crippen LogP contribution in [0.15, 0.2) is 22.7 Å². The highest BCUT2D eigenvalue weighted by atomic mass is 79.9. The van der Waals surface area contributed by atoms with Crippen LogP contribution in [0.25, 0.3) is 0 Å². The van der Waals surface area contributed by atoms with Crippen LogP contribution in [0.2, 0.25) is 0 Å². The fourth-order valence-electron chi connectivity index (χ4n) is 2.46. The number of carbonyl (C=O) groups is 1. The Bertz CT molecular complexity index is 458. The lowest BCUT2D eigenvalue weighted by Gasteiger charge is -2.26. The summed E-state index contributed by atoms with van der Waals surface area (Å²) >= 11 is 3.60. The molecule has 1 rings (SSSR count). The summed E-state index contributed by atoms with van der Waals surface area (Å²) in [5, 5.41) is 0. The molecule has 0 amide bonds. The van der Waals surface area contributed by atoms with E-state index in [1.54, 1.807) is 6.92 Å². The molecule has 1 aromatic rings. The Balaban J connectivity index is 2.69. The largest absolute Gasteiger partial charge is 0.371 e. The van der Waals surface area contributed by atoms with Crippen molar-refractivity contribution in [1.29, 1.82) is 0 Å². The minimum atomic E-state index is 0.104. The second kappa shape index (κ2) is 9.21. The van der Waals surface area contributed by atoms with Crippen molar-refractivity contribution in [3.63, 3.8) is 0 Å². The van der Waals surface area contributed by atoms with Crippen molar-refractivity contribution in [2.24, 2.45) is 0 Å². The summed E-state index contributed by atoms with van der Waals surface area (Å²) in [5.41, 5.74) is 1.92. The van der Waals surface area contributed by atoms with Gasteiger partial charge in [-0.3, -0.25) is 4.79 Å². The predicted molar refractivity (Wildman–Crippen MR) is 94.4 cm³/mol. The first-order valence-corrected chi connectivity index (χ1v) is 8.60. The molecule has 0 bridgehead atoms. The van der Waals surface area contributed by atoms with Gasteiger partial charge in [-0.05, 0) is 74.0 Å². The number of nitrogens with zero attached hydrogens (tertiary/aromatic N) is 2. The first kappa shape index (κ1) is 18.2. The SMILES string of the molecule is CCN(CC)CCCN(CC)c1ccc(C(C)=O)cc1Br. The van der Waals surface area contributed by atoms with E-state index < -0.39 is 0 Å². The van der Waals surface area contributed by atoms with Crippen molar-refractivity contribution in [3.8, 4) is 0 Å². The van der Waals surface area contributed by atoms with E-state index >= 15 is 0 Å². The van der Waals surface area contributed by atoms with Crippen LogP contribution in [0.1, 0.15) is 44.5 Å². The number of ketones is 1. The molecular weight excluding hydrogens is 328 g/mol. The number of anilines is 1. The van der Waals surface area contributed by atoms with E-state index in [0.717, 1.165) is 49.2 Å². The molecule has 0 aromatic heterocycles. The minimum absolute atomic E-state index is 0.104. The Morgan fingerprint density at radius 2 is 1.76 bits per heavy atom. The number of benzene rings is 1. The highest BCUT2D eigenvalue weighted by Crippen LogP contribution is 2.27. The van der Waals surface area contributed by atoms with E-state index in [4.69, 9.17) is 0 Å². The number of rotatable bonds is 9. The van der Waals surface area contributed by atoms with Crippen molar-refractivity contribution in [1.82, 2.24) is 4.90 Å². The van der Waals surface area contributed by atoms with E-state index in [0.29, 0.717) is 0 Å². The van der Waals surface area contributed by atoms with Gasteiger partial charge in [0.1, 0.15) is 0 Å². The standard InChI is InChI=1S/C17H27BrN2O/c1-5-19(6-2)11-8-12-20(7-3)17-10-9-15(14(4)21)13-16(17)18/h9-10,13H,5-8,11-12H2,1-4H3. The smallest absolute Gasteiger partial charge is 0.159 e. The monoisotopic (exact) mass is 354 g/mol. The number of Topliss-reactive ketones (excluding diaryl/α,β-unsaturated/α-hetero) is 1. The van der Waals surface area contributed by atoms with E-state index in [9.17, 15) is 4.79 Å². The van der Waals surface area contributed by atoms with Crippen LogP contribution in [0.4, 0.5) is 5.69 Å². The Kier molecular flexibility index (Phi) is 7.97. The molecule has 0 atom stereocenters. The molecule has 0 aliphatic carbocycles. The first-order chi connectivity index (χ1) is 10.0. The third-order valence-corrected chi connectivity index (χ3v) is 4.51. The van der Waals surface area contributed by atoms with Gasteiger partial charge in [-0.25, -0.2) is 0 Å². The van der Waals surface area contributed by atoms with Crippen LogP contribution in [0, 0.1) is 0 Å². The topological polar surface area (TPSA) is 23.6 Å². The van der Waals surface area contributed by atoms with E-state index in [1.807, 2.05) is 18.2 Å². The zero-order valence-corrected chi connectivity index (χ0v) is 15.2. The molecule has 1 aromatic carbocycles. The summed E-state index contributed by atoms with van der Waals surface area (Å²) in [7, 11) is 0. The van der Waals surface area contributed by atoms with Crippen molar-refractivity contribution in [2.75, 3.05) is 37.6 Å². The van der Waals surface area contributed by atoms with Crippen molar-refractivity contribution >= 4 is 27.4 Å². The molecule has 0 heterocycles. The quantitative estimate of drug-likeness (QED) is 0.620. The van der Waals surface area contributed by atoms with Crippen LogP contribution in [0.5, 0.6) is 0 Å². The molecule has 0 saturated heterocycles. The maximum Gasteiger partial charge on any atom is 0.159 e. The zero-order chi connectivity index (χ0) is 15.8. The summed E-state index contributed by atoms with van der Waals surface area (Å²) in [6, 6.07) is 5.88. The fraction of sp³-hybridized carbons (Fsp3) is 0.588. The maximum absolute atomic E-state index is 11.4.